The van der Waals surface area contributed by atoms with Crippen LogP contribution < -0.4 is 0 Å². The zero-order valence-corrected chi connectivity index (χ0v) is 73.7. The lowest BCUT2D eigenvalue weighted by atomic mass is 9.70. The molecule has 0 aromatic rings. The number of ketones is 2. The Bertz CT molecular complexity index is 5450. The van der Waals surface area contributed by atoms with Crippen LogP contribution >= 0.6 is 0 Å². The molecule has 3 saturated heterocycles. The summed E-state index contributed by atoms with van der Waals surface area (Å²) in [6.45, 7) is 96.1. The van der Waals surface area contributed by atoms with Crippen molar-refractivity contribution in [1.29, 1.82) is 0 Å². The van der Waals surface area contributed by atoms with Gasteiger partial charge in [-0.2, -0.15) is 0 Å². The Balaban J connectivity index is 0.000000144. The van der Waals surface area contributed by atoms with Gasteiger partial charge >= 0.3 is 58.7 Å². The van der Waals surface area contributed by atoms with Gasteiger partial charge in [-0.1, -0.05) is 68.0 Å². The number of ether oxygens (including phenoxy) is 8. The summed E-state index contributed by atoms with van der Waals surface area (Å²) >= 11 is 0. The van der Waals surface area contributed by atoms with E-state index in [1.807, 2.05) is 72.4 Å². The first-order chi connectivity index (χ1) is 59.2. The largest absolute Gasteiger partial charge is 0.510 e. The molecular weight excluding hydrogens is 1590 g/mol. The van der Waals surface area contributed by atoms with Crippen molar-refractivity contribution in [2.75, 3.05) is 39.6 Å². The third-order valence-electron chi connectivity index (χ3n) is 27.8. The number of carbonyl (C=O) groups excluding carboxylic acids is 8. The van der Waals surface area contributed by atoms with Crippen LogP contribution in [0.4, 0.5) is 9.59 Å². The minimum Gasteiger partial charge on any atom is -0.461 e. The van der Waals surface area contributed by atoms with Gasteiger partial charge in [-0.15, -0.1) is 0 Å². The van der Waals surface area contributed by atoms with Gasteiger partial charge in [0.25, 0.3) is 0 Å². The topological polar surface area (TPSA) is 252 Å². The molecule has 26 nitrogen and oxygen atoms in total. The minimum atomic E-state index is -1.50. The van der Waals surface area contributed by atoms with E-state index in [2.05, 4.69) is 83.1 Å². The third kappa shape index (κ3) is 16.7. The zero-order valence-electron chi connectivity index (χ0n) is 73.7. The maximum atomic E-state index is 13.2. The van der Waals surface area contributed by atoms with E-state index in [0.29, 0.717) is 62.0 Å². The van der Waals surface area contributed by atoms with Gasteiger partial charge < -0.3 is 37.9 Å². The lowest BCUT2D eigenvalue weighted by molar-refractivity contribution is -0.192. The molecule has 16 aliphatic rings. The molecule has 11 atom stereocenters. The maximum Gasteiger partial charge on any atom is 0.510 e. The molecule has 4 unspecified atom stereocenters. The van der Waals surface area contributed by atoms with Crippen LogP contribution in [-0.2, 0) is 66.7 Å². The summed E-state index contributed by atoms with van der Waals surface area (Å²) in [6, 6.07) is -0.831. The van der Waals surface area contributed by atoms with Crippen molar-refractivity contribution in [1.82, 2.24) is 9.80 Å². The van der Waals surface area contributed by atoms with Crippen molar-refractivity contribution in [3.63, 3.8) is 0 Å². The summed E-state index contributed by atoms with van der Waals surface area (Å²) in [4.78, 5) is 132. The fourth-order valence-corrected chi connectivity index (χ4v) is 22.5. The highest BCUT2D eigenvalue weighted by Crippen LogP contribution is 2.62. The van der Waals surface area contributed by atoms with E-state index in [0.717, 1.165) is 141 Å². The third-order valence-corrected chi connectivity index (χ3v) is 27.8. The molecule has 0 aromatic carbocycles. The smallest absolute Gasteiger partial charge is 0.461 e. The lowest BCUT2D eigenvalue weighted by Crippen LogP contribution is -2.51. The standard InChI is InChI=1S/C27H31N3O5.C27H31N3O4.C23H22N2O3.C22H24N2O4/c1-8-17-18-12-23(32)20(14-34-15(2)31)19(18)13-27(28-6,29-7)21-11-16-9-10-22(24(17)21)30(16)25(33)35-26(3,4)5;1-15-11-19-16(2)24-22(12-18-9-10-23(24)30(18)25(32)34-26(4,5)6)27(28-7,29-8)13-20(19)21(15)14-33-17(3)31;1-5-16-17-10-21(27)19(12-28-13(2)26)18(17)11-23(24-3,25-4)20-9-14-6-7-15(8-14)22(16)20;1-14-9-16-10-17-11-21(27-7-8-28-21)6-5-20(17)22(23-3,24-4)12-18(16)19(14)13-26-15(2)25/h11,16,22,24H,8-10,12-14H2,1-5H3;12,18,23-24H,1,9-11,13-14H2,2-6H3;6-7,9,14-15,22H,5,8,10-12H2,1-2H3;10,17,20H,1,5-9,11-13H2,2H3/t16-,22?,24-;18-,23?,24-;14-,15?,22+;17-,20?/m1101/s1. The van der Waals surface area contributed by atoms with Gasteiger partial charge in [0.2, 0.25) is 0 Å². The number of allylic oxidation sites excluding steroid dienone is 9. The van der Waals surface area contributed by atoms with Gasteiger partial charge in [-0.3, -0.25) is 38.6 Å². The SMILES string of the molecule is [C-]#[N+]C1([N+]#[C-])CC2=C(COC(C)=O)C(=C)CC2=C(C)[C@@H]2C1=C[C@H]1CCC2N1C(=O)OC(C)(C)C.[C-]#[N+]C1([N+]#[C-])CC2=C(COC(C)=O)C(=C)CC2=C[C@@H]2CC3(CCC21)OCCO3.[C-]#[N+]C1([N+]#[C-])CC2=C(COC(C)=O)C(=O)CC2=C(CC)[C@@H]2C1=C[C@H]1C=CC2C1.[C-]#[N+]C1([N+]#[C-])CC2=C(COC(C)=O)C(=O)CC2=C(CC)[C@@H]2C1=C[C@H]1CCC2N1C(=O)OC(C)(C)C. The summed E-state index contributed by atoms with van der Waals surface area (Å²) < 4.78 is 44.2. The van der Waals surface area contributed by atoms with Crippen molar-refractivity contribution < 1.29 is 76.3 Å². The first-order valence-corrected chi connectivity index (χ1v) is 43.2. The van der Waals surface area contributed by atoms with Gasteiger partial charge in [-0.25, -0.2) is 101 Å². The van der Waals surface area contributed by atoms with Crippen molar-refractivity contribution >= 4 is 47.6 Å². The summed E-state index contributed by atoms with van der Waals surface area (Å²) in [7, 11) is 0. The van der Waals surface area contributed by atoms with Crippen LogP contribution in [0.1, 0.15) is 206 Å². The molecule has 26 heteroatoms. The van der Waals surface area contributed by atoms with E-state index in [-0.39, 0.29) is 154 Å². The Kier molecular flexibility index (Phi) is 25.3. The first-order valence-electron chi connectivity index (χ1n) is 43.2. The molecule has 1 saturated carbocycles. The number of amides is 2. The van der Waals surface area contributed by atoms with Crippen molar-refractivity contribution in [2.45, 2.75) is 269 Å². The molecule has 1 spiro atoms. The van der Waals surface area contributed by atoms with E-state index in [1.165, 1.54) is 33.3 Å². The number of nitrogens with zero attached hydrogens (tertiary/aromatic N) is 10. The molecule has 16 rings (SSSR count). The fourth-order valence-electron chi connectivity index (χ4n) is 22.5. The number of Topliss-reactive ketones (excluding diaryl/α,β-unsaturated/α-hetero) is 2. The van der Waals surface area contributed by atoms with E-state index < -0.39 is 57.7 Å². The number of esters is 4. The highest BCUT2D eigenvalue weighted by atomic mass is 16.7. The predicted octanol–water partition coefficient (Wildman–Crippen LogP) is 18.2. The molecule has 0 N–H and O–H groups in total. The highest BCUT2D eigenvalue weighted by Gasteiger charge is 2.67. The summed E-state index contributed by atoms with van der Waals surface area (Å²) in [5.41, 5.74) is 10.7. The Morgan fingerprint density at radius 1 is 0.480 bits per heavy atom. The number of carbonyl (C=O) groups is 8. The van der Waals surface area contributed by atoms with Gasteiger partial charge in [0.1, 0.15) is 86.0 Å². The quantitative estimate of drug-likeness (QED) is 0.0853. The second-order valence-corrected chi connectivity index (χ2v) is 37.3. The number of hydrogen-bond donors (Lipinski definition) is 0. The molecule has 0 aromatic heterocycles. The number of hydrogen-bond acceptors (Lipinski definition) is 16. The average molecular weight is 1690 g/mol. The molecule has 650 valence electrons. The normalized spacial score (nSPS) is 28.2. The molecule has 0 radical (unpaired) electrons. The van der Waals surface area contributed by atoms with Crippen LogP contribution in [0.5, 0.6) is 0 Å². The average Bonchev–Trinajstić information content (AvgIpc) is 1.58. The van der Waals surface area contributed by atoms with Crippen LogP contribution in [0.3, 0.4) is 0 Å². The monoisotopic (exact) mass is 1690 g/mol. The molecule has 125 heavy (non-hydrogen) atoms. The van der Waals surface area contributed by atoms with Crippen molar-refractivity contribution in [3.8, 4) is 0 Å². The summed E-state index contributed by atoms with van der Waals surface area (Å²) in [5, 5.41) is 0. The van der Waals surface area contributed by atoms with Crippen molar-refractivity contribution in [3.05, 3.63) is 252 Å². The predicted molar refractivity (Wildman–Crippen MR) is 460 cm³/mol. The molecule has 4 fully saturated rings. The summed E-state index contributed by atoms with van der Waals surface area (Å²) in [5.74, 6) is -2.42. The van der Waals surface area contributed by atoms with Crippen molar-refractivity contribution in [2.24, 2.45) is 41.4 Å². The molecule has 6 bridgehead atoms. The van der Waals surface area contributed by atoms with Gasteiger partial charge in [0, 0.05) is 100 Å². The highest BCUT2D eigenvalue weighted by molar-refractivity contribution is 6.04. The van der Waals surface area contributed by atoms with E-state index in [4.69, 9.17) is 90.5 Å². The maximum absolute atomic E-state index is 13.2. The summed E-state index contributed by atoms with van der Waals surface area (Å²) in [6.07, 6.45) is 22.1. The Morgan fingerprint density at radius 3 is 1.34 bits per heavy atom. The Hall–Kier alpha value is -12.0. The van der Waals surface area contributed by atoms with Gasteiger partial charge in [0.15, 0.2) is 17.4 Å². The second kappa shape index (κ2) is 34.8. The molecule has 2 amide bonds. The zero-order chi connectivity index (χ0) is 90.7. The second-order valence-electron chi connectivity index (χ2n) is 37.3. The first kappa shape index (κ1) is 90.7. The lowest BCUT2D eigenvalue weighted by Gasteiger charge is -2.40. The van der Waals surface area contributed by atoms with E-state index >= 15 is 0 Å². The Labute approximate surface area is 732 Å². The fraction of sp³-hybridized carbons (Fsp3) is 0.556. The van der Waals surface area contributed by atoms with Crippen LogP contribution in [0, 0.1) is 94.0 Å². The number of rotatable bonds is 10. The molecular formula is C99H108N10O16. The van der Waals surface area contributed by atoms with Crippen LogP contribution in [0.25, 0.3) is 38.8 Å². The molecule has 5 heterocycles. The van der Waals surface area contributed by atoms with Gasteiger partial charge in [-0.05, 0) is 204 Å². The van der Waals surface area contributed by atoms with Crippen LogP contribution in [-0.4, -0.2) is 161 Å². The molecule has 11 aliphatic carbocycles. The minimum absolute atomic E-state index is 0.0107. The molecule has 5 aliphatic heterocycles. The van der Waals surface area contributed by atoms with Crippen LogP contribution in [0.2, 0.25) is 0 Å². The number of fused-ring (bicyclic) bond motifs is 17. The Morgan fingerprint density at radius 2 is 0.896 bits per heavy atom. The van der Waals surface area contributed by atoms with E-state index in [1.54, 1.807) is 4.90 Å². The van der Waals surface area contributed by atoms with Gasteiger partial charge in [0.05, 0.1) is 25.3 Å². The van der Waals surface area contributed by atoms with Crippen LogP contribution in [0.15, 0.2) is 161 Å². The van der Waals surface area contributed by atoms with E-state index in [9.17, 15) is 38.4 Å².